The van der Waals surface area contributed by atoms with Gasteiger partial charge in [0.15, 0.2) is 17.2 Å². The van der Waals surface area contributed by atoms with Crippen LogP contribution in [-0.4, -0.2) is 39.0 Å². The van der Waals surface area contributed by atoms with Crippen LogP contribution in [0.3, 0.4) is 0 Å². The number of phenolic OH excluding ortho intramolecular Hbond substituents is 3. The van der Waals surface area contributed by atoms with Gasteiger partial charge >= 0.3 is 11.9 Å². The first-order valence-corrected chi connectivity index (χ1v) is 10.1. The van der Waals surface area contributed by atoms with E-state index in [2.05, 4.69) is 13.5 Å². The summed E-state index contributed by atoms with van der Waals surface area (Å²) in [7, 11) is 0. The van der Waals surface area contributed by atoms with Gasteiger partial charge in [0.25, 0.3) is 0 Å². The molecule has 0 bridgehead atoms. The van der Waals surface area contributed by atoms with Crippen LogP contribution in [-0.2, 0) is 9.53 Å². The number of esters is 1. The molecule has 7 nitrogen and oxygen atoms in total. The number of hydrogen-bond donors (Lipinski definition) is 4. The molecule has 0 aliphatic carbocycles. The van der Waals surface area contributed by atoms with E-state index in [1.54, 1.807) is 0 Å². The molecule has 0 aromatic heterocycles. The first-order chi connectivity index (χ1) is 13.8. The average molecular weight is 411 g/mol. The maximum absolute atomic E-state index is 11.8. The Balaban J connectivity index is 0.00000139. The highest BCUT2D eigenvalue weighted by atomic mass is 16.5. The second-order valence-electron chi connectivity index (χ2n) is 6.72. The van der Waals surface area contributed by atoms with Gasteiger partial charge in [-0.3, -0.25) is 0 Å². The zero-order valence-electron chi connectivity index (χ0n) is 17.2. The maximum atomic E-state index is 11.8. The van der Waals surface area contributed by atoms with Crippen molar-refractivity contribution in [3.63, 3.8) is 0 Å². The third-order valence-corrected chi connectivity index (χ3v) is 4.21. The van der Waals surface area contributed by atoms with Crippen LogP contribution < -0.4 is 0 Å². The number of carbonyl (C=O) groups excluding carboxylic acids is 1. The Morgan fingerprint density at radius 2 is 1.31 bits per heavy atom. The highest BCUT2D eigenvalue weighted by molar-refractivity contribution is 5.91. The molecule has 0 atom stereocenters. The number of carboxylic acid groups (broad SMARTS) is 1. The molecule has 1 rings (SSSR count). The van der Waals surface area contributed by atoms with Crippen LogP contribution in [0.2, 0.25) is 0 Å². The number of aliphatic carboxylic acids is 1. The van der Waals surface area contributed by atoms with Gasteiger partial charge in [-0.05, 0) is 18.6 Å². The lowest BCUT2D eigenvalue weighted by molar-refractivity contribution is -0.131. The molecule has 29 heavy (non-hydrogen) atoms. The fraction of sp³-hybridized carbons (Fsp3) is 0.545. The lowest BCUT2D eigenvalue weighted by Gasteiger charge is -2.07. The molecule has 0 aliphatic rings. The summed E-state index contributed by atoms with van der Waals surface area (Å²) in [5.74, 6) is -3.32. The quantitative estimate of drug-likeness (QED) is 0.154. The predicted molar refractivity (Wildman–Crippen MR) is 111 cm³/mol. The van der Waals surface area contributed by atoms with E-state index in [0.29, 0.717) is 6.61 Å². The van der Waals surface area contributed by atoms with Crippen LogP contribution in [0.5, 0.6) is 17.2 Å². The van der Waals surface area contributed by atoms with Gasteiger partial charge in [0.05, 0.1) is 12.2 Å². The molecule has 1 aromatic rings. The van der Waals surface area contributed by atoms with Crippen molar-refractivity contribution in [3.8, 4) is 17.2 Å². The summed E-state index contributed by atoms with van der Waals surface area (Å²) in [5, 5.41) is 35.6. The molecule has 0 saturated carbocycles. The predicted octanol–water partition coefficient (Wildman–Crippen LogP) is 5.14. The van der Waals surface area contributed by atoms with Gasteiger partial charge in [0, 0.05) is 6.08 Å². The molecule has 0 radical (unpaired) electrons. The monoisotopic (exact) mass is 410 g/mol. The van der Waals surface area contributed by atoms with Gasteiger partial charge in [0.1, 0.15) is 0 Å². The Hall–Kier alpha value is -2.70. The summed E-state index contributed by atoms with van der Waals surface area (Å²) in [4.78, 5) is 21.0. The van der Waals surface area contributed by atoms with Crippen molar-refractivity contribution < 1.29 is 34.8 Å². The van der Waals surface area contributed by atoms with Crippen LogP contribution in [0.25, 0.3) is 0 Å². The van der Waals surface area contributed by atoms with Gasteiger partial charge in [-0.1, -0.05) is 71.3 Å². The second kappa shape index (κ2) is 16.3. The Kier molecular flexibility index (Phi) is 14.8. The maximum Gasteiger partial charge on any atom is 0.338 e. The summed E-state index contributed by atoms with van der Waals surface area (Å²) >= 11 is 0. The lowest BCUT2D eigenvalue weighted by Crippen LogP contribution is -2.06. The summed E-state index contributed by atoms with van der Waals surface area (Å²) < 4.78 is 5.11. The number of hydrogen-bond acceptors (Lipinski definition) is 6. The number of rotatable bonds is 13. The van der Waals surface area contributed by atoms with E-state index in [9.17, 15) is 24.9 Å². The zero-order chi connectivity index (χ0) is 22.1. The van der Waals surface area contributed by atoms with Crippen molar-refractivity contribution in [3.05, 3.63) is 30.4 Å². The van der Waals surface area contributed by atoms with Crippen molar-refractivity contribution in [2.24, 2.45) is 0 Å². The molecule has 4 N–H and O–H groups in total. The SMILES string of the molecule is C=CC(=O)O.CCCCCCCCCCCCOC(=O)c1cc(O)c(O)c(O)c1. The molecular formula is C22H34O7. The molecular weight excluding hydrogens is 376 g/mol. The molecule has 0 amide bonds. The van der Waals surface area contributed by atoms with Crippen LogP contribution in [0.1, 0.15) is 81.5 Å². The molecule has 0 fully saturated rings. The molecule has 7 heteroatoms. The fourth-order valence-corrected chi connectivity index (χ4v) is 2.56. The Morgan fingerprint density at radius 3 is 1.72 bits per heavy atom. The smallest absolute Gasteiger partial charge is 0.338 e. The summed E-state index contributed by atoms with van der Waals surface area (Å²) in [6.07, 6.45) is 12.9. The third kappa shape index (κ3) is 13.2. The summed E-state index contributed by atoms with van der Waals surface area (Å²) in [6, 6.07) is 2.16. The van der Waals surface area contributed by atoms with E-state index < -0.39 is 29.2 Å². The molecule has 0 unspecified atom stereocenters. The summed E-state index contributed by atoms with van der Waals surface area (Å²) in [5.41, 5.74) is 0.0230. The van der Waals surface area contributed by atoms with E-state index in [-0.39, 0.29) is 5.56 Å². The first-order valence-electron chi connectivity index (χ1n) is 10.1. The van der Waals surface area contributed by atoms with Crippen molar-refractivity contribution >= 4 is 11.9 Å². The van der Waals surface area contributed by atoms with E-state index >= 15 is 0 Å². The largest absolute Gasteiger partial charge is 0.504 e. The topological polar surface area (TPSA) is 124 Å². The molecule has 164 valence electrons. The van der Waals surface area contributed by atoms with Gasteiger partial charge in [-0.25, -0.2) is 9.59 Å². The summed E-state index contributed by atoms with van der Waals surface area (Å²) in [6.45, 7) is 5.50. The van der Waals surface area contributed by atoms with Crippen molar-refractivity contribution in [1.82, 2.24) is 0 Å². The van der Waals surface area contributed by atoms with Crippen molar-refractivity contribution in [2.45, 2.75) is 71.1 Å². The number of unbranched alkanes of at least 4 members (excludes halogenated alkanes) is 9. The highest BCUT2D eigenvalue weighted by Gasteiger charge is 2.14. The van der Waals surface area contributed by atoms with Gasteiger partial charge < -0.3 is 25.2 Å². The zero-order valence-corrected chi connectivity index (χ0v) is 17.2. The minimum Gasteiger partial charge on any atom is -0.504 e. The number of ether oxygens (including phenoxy) is 1. The van der Waals surface area contributed by atoms with E-state index in [4.69, 9.17) is 9.84 Å². The Bertz CT molecular complexity index is 603. The number of phenols is 3. The van der Waals surface area contributed by atoms with Gasteiger partial charge in [0.2, 0.25) is 0 Å². The number of carbonyl (C=O) groups is 2. The second-order valence-corrected chi connectivity index (χ2v) is 6.72. The molecule has 0 spiro atoms. The minimum atomic E-state index is -0.981. The van der Waals surface area contributed by atoms with Crippen LogP contribution in [0.4, 0.5) is 0 Å². The fourth-order valence-electron chi connectivity index (χ4n) is 2.56. The van der Waals surface area contributed by atoms with Gasteiger partial charge in [-0.15, -0.1) is 0 Å². The molecule has 1 aromatic carbocycles. The highest BCUT2D eigenvalue weighted by Crippen LogP contribution is 2.35. The first kappa shape index (κ1) is 26.3. The Labute approximate surface area is 172 Å². The number of benzene rings is 1. The minimum absolute atomic E-state index is 0.0230. The number of carboxylic acids is 1. The lowest BCUT2D eigenvalue weighted by atomic mass is 10.1. The number of aromatic hydroxyl groups is 3. The van der Waals surface area contributed by atoms with Crippen LogP contribution in [0, 0.1) is 0 Å². The van der Waals surface area contributed by atoms with Crippen molar-refractivity contribution in [1.29, 1.82) is 0 Å². The van der Waals surface area contributed by atoms with Gasteiger partial charge in [-0.2, -0.15) is 0 Å². The van der Waals surface area contributed by atoms with E-state index in [0.717, 1.165) is 37.5 Å². The normalized spacial score (nSPS) is 9.97. The van der Waals surface area contributed by atoms with Crippen LogP contribution in [0.15, 0.2) is 24.8 Å². The molecule has 0 aliphatic heterocycles. The van der Waals surface area contributed by atoms with E-state index in [1.807, 2.05) is 0 Å². The van der Waals surface area contributed by atoms with E-state index in [1.165, 1.54) is 44.9 Å². The van der Waals surface area contributed by atoms with Crippen LogP contribution >= 0.6 is 0 Å². The van der Waals surface area contributed by atoms with Crippen molar-refractivity contribution in [2.75, 3.05) is 6.61 Å². The average Bonchev–Trinajstić information content (AvgIpc) is 2.70. The molecule has 0 heterocycles. The Morgan fingerprint density at radius 1 is 0.897 bits per heavy atom. The standard InChI is InChI=1S/C19H30O5.C3H4O2/c1-2-3-4-5-6-7-8-9-10-11-12-24-19(23)15-13-16(20)18(22)17(21)14-15;1-2-3(4)5/h13-14,20-22H,2-12H2,1H3;2H,1H2,(H,4,5). The third-order valence-electron chi connectivity index (χ3n) is 4.21. The molecule has 0 saturated heterocycles.